The van der Waals surface area contributed by atoms with E-state index < -0.39 is 0 Å². The second kappa shape index (κ2) is 7.14. The molecule has 3 rings (SSSR count). The molecule has 1 aliphatic heterocycles. The molecule has 9 heteroatoms. The first kappa shape index (κ1) is 17.3. The van der Waals surface area contributed by atoms with Crippen LogP contribution in [0.4, 0.5) is 11.8 Å². The second-order valence-electron chi connectivity index (χ2n) is 6.17. The van der Waals surface area contributed by atoms with E-state index in [-0.39, 0.29) is 18.7 Å². The van der Waals surface area contributed by atoms with Crippen molar-refractivity contribution in [1.29, 1.82) is 0 Å². The van der Waals surface area contributed by atoms with Gasteiger partial charge in [-0.2, -0.15) is 15.0 Å². The number of piperazine rings is 1. The lowest BCUT2D eigenvalue weighted by Crippen LogP contribution is -2.58. The van der Waals surface area contributed by atoms with Crippen molar-refractivity contribution in [3.05, 3.63) is 23.9 Å². The van der Waals surface area contributed by atoms with Crippen molar-refractivity contribution in [2.75, 3.05) is 30.0 Å². The van der Waals surface area contributed by atoms with Crippen LogP contribution in [0.2, 0.25) is 0 Å². The summed E-state index contributed by atoms with van der Waals surface area (Å²) >= 11 is 0. The molecule has 0 aliphatic carbocycles. The summed E-state index contributed by atoms with van der Waals surface area (Å²) in [6, 6.07) is 2.53. The molecular formula is C16H23N7O2. The molecule has 0 saturated carbocycles. The Kier molecular flexibility index (Phi) is 4.93. The number of methoxy groups -OCH3 is 1. The van der Waals surface area contributed by atoms with Gasteiger partial charge in [0.1, 0.15) is 18.2 Å². The molecule has 25 heavy (non-hydrogen) atoms. The van der Waals surface area contributed by atoms with Crippen molar-refractivity contribution < 1.29 is 9.84 Å². The summed E-state index contributed by atoms with van der Waals surface area (Å²) in [5, 5.41) is 9.24. The molecular weight excluding hydrogens is 322 g/mol. The van der Waals surface area contributed by atoms with Crippen LogP contribution in [0.15, 0.2) is 12.3 Å². The molecule has 1 fully saturated rings. The van der Waals surface area contributed by atoms with Gasteiger partial charge in [0.15, 0.2) is 5.82 Å². The van der Waals surface area contributed by atoms with Crippen LogP contribution < -0.4 is 14.5 Å². The molecule has 3 heterocycles. The summed E-state index contributed by atoms with van der Waals surface area (Å²) in [6.07, 6.45) is 1.68. The van der Waals surface area contributed by atoms with Crippen molar-refractivity contribution in [3.8, 4) is 6.01 Å². The zero-order chi connectivity index (χ0) is 18.0. The molecule has 2 atom stereocenters. The number of nitrogens with zero attached hydrogens (tertiary/aromatic N) is 7. The fourth-order valence-corrected chi connectivity index (χ4v) is 3.20. The zero-order valence-electron chi connectivity index (χ0n) is 14.9. The van der Waals surface area contributed by atoms with E-state index in [0.29, 0.717) is 23.6 Å². The molecule has 1 aliphatic rings. The van der Waals surface area contributed by atoms with E-state index >= 15 is 0 Å². The summed E-state index contributed by atoms with van der Waals surface area (Å²) in [5.74, 6) is 2.51. The number of ether oxygens (including phenoxy) is 1. The van der Waals surface area contributed by atoms with E-state index in [1.807, 2.05) is 13.0 Å². The Morgan fingerprint density at radius 2 is 1.88 bits per heavy atom. The van der Waals surface area contributed by atoms with E-state index in [1.54, 1.807) is 13.3 Å². The van der Waals surface area contributed by atoms with Crippen LogP contribution in [0.25, 0.3) is 0 Å². The van der Waals surface area contributed by atoms with Crippen molar-refractivity contribution in [2.24, 2.45) is 0 Å². The summed E-state index contributed by atoms with van der Waals surface area (Å²) in [4.78, 5) is 25.9. The number of aliphatic hydroxyl groups excluding tert-OH is 1. The van der Waals surface area contributed by atoms with Gasteiger partial charge < -0.3 is 19.6 Å². The number of hydrogen-bond donors (Lipinski definition) is 1. The van der Waals surface area contributed by atoms with E-state index in [1.165, 1.54) is 0 Å². The summed E-state index contributed by atoms with van der Waals surface area (Å²) in [7, 11) is 1.55. The molecule has 1 N–H and O–H groups in total. The molecule has 2 aromatic rings. The highest BCUT2D eigenvalue weighted by molar-refractivity contribution is 5.44. The predicted molar refractivity (Wildman–Crippen MR) is 92.7 cm³/mol. The Hall–Kier alpha value is -2.55. The maximum atomic E-state index is 9.24. The van der Waals surface area contributed by atoms with Crippen molar-refractivity contribution in [2.45, 2.75) is 39.5 Å². The molecule has 0 amide bonds. The van der Waals surface area contributed by atoms with Gasteiger partial charge in [-0.3, -0.25) is 0 Å². The molecule has 134 valence electrons. The average Bonchev–Trinajstić information content (AvgIpc) is 2.60. The van der Waals surface area contributed by atoms with Gasteiger partial charge in [-0.15, -0.1) is 0 Å². The van der Waals surface area contributed by atoms with Gasteiger partial charge in [0.05, 0.1) is 7.11 Å². The predicted octanol–water partition coefficient (Wildman–Crippen LogP) is 0.575. The lowest BCUT2D eigenvalue weighted by atomic mass is 10.1. The third-order valence-corrected chi connectivity index (χ3v) is 4.20. The number of rotatable bonds is 4. The van der Waals surface area contributed by atoms with Gasteiger partial charge in [0.2, 0.25) is 5.95 Å². The first-order valence-corrected chi connectivity index (χ1v) is 8.24. The van der Waals surface area contributed by atoms with Gasteiger partial charge in [0.25, 0.3) is 0 Å². The minimum absolute atomic E-state index is 0.164. The fourth-order valence-electron chi connectivity index (χ4n) is 3.20. The van der Waals surface area contributed by atoms with Crippen molar-refractivity contribution in [3.63, 3.8) is 0 Å². The van der Waals surface area contributed by atoms with Gasteiger partial charge in [-0.25, -0.2) is 9.97 Å². The number of anilines is 2. The lowest BCUT2D eigenvalue weighted by molar-refractivity contribution is 0.271. The fraction of sp³-hybridized carbons (Fsp3) is 0.562. The normalized spacial score (nSPS) is 20.7. The zero-order valence-corrected chi connectivity index (χ0v) is 14.9. The Balaban J connectivity index is 1.84. The molecule has 1 saturated heterocycles. The van der Waals surface area contributed by atoms with Crippen LogP contribution in [0.1, 0.15) is 25.5 Å². The minimum atomic E-state index is -0.164. The SMILES string of the molecule is COc1nc(C)nc(N2C(C)CN(c3ccnc(CO)n3)CC2C)n1. The summed E-state index contributed by atoms with van der Waals surface area (Å²) < 4.78 is 5.17. The maximum Gasteiger partial charge on any atom is 0.321 e. The largest absolute Gasteiger partial charge is 0.467 e. The number of hydrogen-bond acceptors (Lipinski definition) is 9. The first-order valence-electron chi connectivity index (χ1n) is 8.24. The Morgan fingerprint density at radius 1 is 1.16 bits per heavy atom. The van der Waals surface area contributed by atoms with E-state index in [2.05, 4.69) is 48.6 Å². The van der Waals surface area contributed by atoms with Gasteiger partial charge in [0, 0.05) is 31.4 Å². The molecule has 0 aromatic carbocycles. The number of aliphatic hydroxyl groups is 1. The van der Waals surface area contributed by atoms with Crippen LogP contribution in [0.3, 0.4) is 0 Å². The topological polar surface area (TPSA) is 100 Å². The van der Waals surface area contributed by atoms with E-state index in [4.69, 9.17) is 4.74 Å². The molecule has 0 bridgehead atoms. The summed E-state index contributed by atoms with van der Waals surface area (Å²) in [5.41, 5.74) is 0. The summed E-state index contributed by atoms with van der Waals surface area (Å²) in [6.45, 7) is 7.45. The van der Waals surface area contributed by atoms with E-state index in [9.17, 15) is 5.11 Å². The van der Waals surface area contributed by atoms with Gasteiger partial charge >= 0.3 is 6.01 Å². The molecule has 2 aromatic heterocycles. The highest BCUT2D eigenvalue weighted by Gasteiger charge is 2.32. The Labute approximate surface area is 146 Å². The average molecular weight is 345 g/mol. The van der Waals surface area contributed by atoms with E-state index in [0.717, 1.165) is 18.9 Å². The quantitative estimate of drug-likeness (QED) is 0.852. The first-order chi connectivity index (χ1) is 12.0. The van der Waals surface area contributed by atoms with Crippen LogP contribution in [0.5, 0.6) is 6.01 Å². The van der Waals surface area contributed by atoms with Crippen LogP contribution in [-0.4, -0.2) is 62.3 Å². The third kappa shape index (κ3) is 3.60. The van der Waals surface area contributed by atoms with Crippen molar-refractivity contribution in [1.82, 2.24) is 24.9 Å². The molecule has 2 unspecified atom stereocenters. The van der Waals surface area contributed by atoms with Crippen LogP contribution >= 0.6 is 0 Å². The highest BCUT2D eigenvalue weighted by atomic mass is 16.5. The van der Waals surface area contributed by atoms with Crippen LogP contribution in [0, 0.1) is 6.92 Å². The highest BCUT2D eigenvalue weighted by Crippen LogP contribution is 2.25. The molecule has 9 nitrogen and oxygen atoms in total. The monoisotopic (exact) mass is 345 g/mol. The Bertz CT molecular complexity index is 730. The molecule has 0 radical (unpaired) electrons. The lowest BCUT2D eigenvalue weighted by Gasteiger charge is -2.44. The van der Waals surface area contributed by atoms with Crippen molar-refractivity contribution >= 4 is 11.8 Å². The van der Waals surface area contributed by atoms with Gasteiger partial charge in [-0.05, 0) is 26.8 Å². The Morgan fingerprint density at radius 3 is 2.52 bits per heavy atom. The standard InChI is InChI=1S/C16H23N7O2/c1-10-7-22(14-5-6-17-13(9-24)20-14)8-11(2)23(10)15-18-12(3)19-16(21-15)25-4/h5-6,10-11,24H,7-9H2,1-4H3. The van der Waals surface area contributed by atoms with Gasteiger partial charge in [-0.1, -0.05) is 0 Å². The number of aromatic nitrogens is 5. The number of aryl methyl sites for hydroxylation is 1. The second-order valence-corrected chi connectivity index (χ2v) is 6.17. The maximum absolute atomic E-state index is 9.24. The third-order valence-electron chi connectivity index (χ3n) is 4.20. The van der Waals surface area contributed by atoms with Crippen LogP contribution in [-0.2, 0) is 6.61 Å². The minimum Gasteiger partial charge on any atom is -0.467 e. The smallest absolute Gasteiger partial charge is 0.321 e. The molecule has 0 spiro atoms.